The first-order valence-electron chi connectivity index (χ1n) is 7.19. The van der Waals surface area contributed by atoms with Gasteiger partial charge >= 0.3 is 0 Å². The molecule has 0 unspecified atom stereocenters. The minimum absolute atomic E-state index is 0.245. The summed E-state index contributed by atoms with van der Waals surface area (Å²) < 4.78 is 12.8. The summed E-state index contributed by atoms with van der Waals surface area (Å²) >= 11 is 0. The van der Waals surface area contributed by atoms with Crippen LogP contribution in [0.4, 0.5) is 5.82 Å². The third-order valence-electron chi connectivity index (χ3n) is 3.50. The predicted molar refractivity (Wildman–Crippen MR) is 78.2 cm³/mol. The molecule has 2 aromatic rings. The molecule has 6 heteroatoms. The summed E-state index contributed by atoms with van der Waals surface area (Å²) in [5, 5.41) is 12.4. The molecule has 1 fully saturated rings. The number of pyridine rings is 1. The minimum Gasteiger partial charge on any atom is -0.377 e. The fourth-order valence-electron chi connectivity index (χ4n) is 2.46. The Balaban J connectivity index is 1.52. The molecule has 0 bridgehead atoms. The van der Waals surface area contributed by atoms with Crippen LogP contribution in [0.15, 0.2) is 24.4 Å². The summed E-state index contributed by atoms with van der Waals surface area (Å²) in [4.78, 5) is 4.41. The molecular weight excluding hydrogens is 268 g/mol. The zero-order valence-corrected chi connectivity index (χ0v) is 11.8. The summed E-state index contributed by atoms with van der Waals surface area (Å²) in [6, 6.07) is 7.84. The molecule has 1 aliphatic heterocycles. The summed E-state index contributed by atoms with van der Waals surface area (Å²) in [6.07, 6.45) is 4.28. The third kappa shape index (κ3) is 3.15. The zero-order chi connectivity index (χ0) is 14.5. The molecule has 6 nitrogen and oxygen atoms in total. The second-order valence-electron chi connectivity index (χ2n) is 4.99. The molecule has 21 heavy (non-hydrogen) atoms. The van der Waals surface area contributed by atoms with Gasteiger partial charge in [-0.15, -0.1) is 0 Å². The fourth-order valence-corrected chi connectivity index (χ4v) is 2.46. The Hall–Kier alpha value is -2.10. The van der Waals surface area contributed by atoms with E-state index in [2.05, 4.69) is 16.4 Å². The highest BCUT2D eigenvalue weighted by molar-refractivity contribution is 5.58. The van der Waals surface area contributed by atoms with Gasteiger partial charge in [-0.3, -0.25) is 4.40 Å². The average molecular weight is 286 g/mol. The van der Waals surface area contributed by atoms with Gasteiger partial charge in [-0.05, 0) is 25.0 Å². The normalized spacial score (nSPS) is 18.0. The van der Waals surface area contributed by atoms with E-state index in [0.717, 1.165) is 25.1 Å². The zero-order valence-electron chi connectivity index (χ0n) is 11.8. The quantitative estimate of drug-likeness (QED) is 0.820. The number of hydrogen-bond acceptors (Lipinski definition) is 5. The monoisotopic (exact) mass is 286 g/mol. The van der Waals surface area contributed by atoms with Gasteiger partial charge in [0.25, 0.3) is 0 Å². The number of ether oxygens (including phenoxy) is 2. The molecule has 0 spiro atoms. The first kappa shape index (κ1) is 13.9. The van der Waals surface area contributed by atoms with Crippen LogP contribution < -0.4 is 5.32 Å². The van der Waals surface area contributed by atoms with Crippen LogP contribution in [0.5, 0.6) is 0 Å². The molecular formula is C15H18N4O2. The molecule has 0 aromatic carbocycles. The van der Waals surface area contributed by atoms with Crippen molar-refractivity contribution in [2.75, 3.05) is 31.7 Å². The molecule has 0 saturated carbocycles. The summed E-state index contributed by atoms with van der Waals surface area (Å²) in [5.74, 6) is 0.601. The number of rotatable bonds is 6. The molecule has 1 aliphatic rings. The van der Waals surface area contributed by atoms with Gasteiger partial charge in [0, 0.05) is 19.3 Å². The van der Waals surface area contributed by atoms with Gasteiger partial charge in [0.05, 0.1) is 19.3 Å². The van der Waals surface area contributed by atoms with Crippen molar-refractivity contribution in [2.45, 2.75) is 18.9 Å². The van der Waals surface area contributed by atoms with Crippen LogP contribution in [0.25, 0.3) is 5.65 Å². The highest BCUT2D eigenvalue weighted by Crippen LogP contribution is 2.16. The molecule has 1 N–H and O–H groups in total. The second kappa shape index (κ2) is 6.57. The van der Waals surface area contributed by atoms with E-state index in [-0.39, 0.29) is 6.10 Å². The highest BCUT2D eigenvalue weighted by atomic mass is 16.5. The maximum absolute atomic E-state index is 9.25. The van der Waals surface area contributed by atoms with E-state index in [1.807, 2.05) is 24.4 Å². The van der Waals surface area contributed by atoms with Crippen LogP contribution in [0, 0.1) is 11.3 Å². The Labute approximate surface area is 123 Å². The second-order valence-corrected chi connectivity index (χ2v) is 4.99. The van der Waals surface area contributed by atoms with Crippen molar-refractivity contribution < 1.29 is 9.47 Å². The Bertz CT molecular complexity index is 641. The lowest BCUT2D eigenvalue weighted by atomic mass is 10.2. The molecule has 3 heterocycles. The van der Waals surface area contributed by atoms with E-state index in [9.17, 15) is 5.26 Å². The molecule has 110 valence electrons. The van der Waals surface area contributed by atoms with Crippen LogP contribution in [0.1, 0.15) is 18.5 Å². The largest absolute Gasteiger partial charge is 0.377 e. The fraction of sp³-hybridized carbons (Fsp3) is 0.467. The number of nitrogens with one attached hydrogen (secondary N) is 1. The maximum Gasteiger partial charge on any atom is 0.168 e. The average Bonchev–Trinajstić information content (AvgIpc) is 3.13. The number of hydrogen-bond donors (Lipinski definition) is 1. The van der Waals surface area contributed by atoms with Crippen LogP contribution in [-0.4, -0.2) is 41.9 Å². The van der Waals surface area contributed by atoms with Crippen LogP contribution in [0.3, 0.4) is 0 Å². The van der Waals surface area contributed by atoms with E-state index in [1.54, 1.807) is 4.40 Å². The number of fused-ring (bicyclic) bond motifs is 1. The van der Waals surface area contributed by atoms with Gasteiger partial charge in [0.2, 0.25) is 0 Å². The minimum atomic E-state index is 0.245. The first-order chi connectivity index (χ1) is 10.4. The van der Waals surface area contributed by atoms with Crippen LogP contribution >= 0.6 is 0 Å². The lowest BCUT2D eigenvalue weighted by Crippen LogP contribution is -2.18. The topological polar surface area (TPSA) is 71.6 Å². The standard InChI is InChI=1S/C15H18N4O2/c16-10-13-15(18-14-5-1-2-7-19(13)14)17-6-9-20-11-12-4-3-8-21-12/h1-2,5,7,12,17H,3-4,6,8-9,11H2/t12-/m1/s1. The van der Waals surface area contributed by atoms with E-state index in [1.165, 1.54) is 0 Å². The predicted octanol–water partition coefficient (Wildman–Crippen LogP) is 1.81. The van der Waals surface area contributed by atoms with Gasteiger partial charge in [0.1, 0.15) is 11.7 Å². The van der Waals surface area contributed by atoms with Crippen molar-refractivity contribution in [3.63, 3.8) is 0 Å². The third-order valence-corrected chi connectivity index (χ3v) is 3.50. The van der Waals surface area contributed by atoms with Crippen molar-refractivity contribution in [3.05, 3.63) is 30.1 Å². The van der Waals surface area contributed by atoms with Crippen molar-refractivity contribution in [1.82, 2.24) is 9.38 Å². The van der Waals surface area contributed by atoms with Crippen LogP contribution in [-0.2, 0) is 9.47 Å². The van der Waals surface area contributed by atoms with Gasteiger partial charge in [-0.1, -0.05) is 6.07 Å². The van der Waals surface area contributed by atoms with Crippen molar-refractivity contribution in [1.29, 1.82) is 5.26 Å². The summed E-state index contributed by atoms with van der Waals surface area (Å²) in [6.45, 7) is 2.67. The van der Waals surface area contributed by atoms with Crippen molar-refractivity contribution >= 4 is 11.5 Å². The highest BCUT2D eigenvalue weighted by Gasteiger charge is 2.15. The van der Waals surface area contributed by atoms with Crippen molar-refractivity contribution in [2.24, 2.45) is 0 Å². The van der Waals surface area contributed by atoms with Gasteiger partial charge in [0.15, 0.2) is 11.5 Å². The molecule has 1 atom stereocenters. The lowest BCUT2D eigenvalue weighted by Gasteiger charge is -2.10. The van der Waals surface area contributed by atoms with Crippen molar-refractivity contribution in [3.8, 4) is 6.07 Å². The Morgan fingerprint density at radius 2 is 2.48 bits per heavy atom. The van der Waals surface area contributed by atoms with E-state index in [4.69, 9.17) is 9.47 Å². The molecule has 0 amide bonds. The van der Waals surface area contributed by atoms with E-state index >= 15 is 0 Å². The van der Waals surface area contributed by atoms with E-state index < -0.39 is 0 Å². The Kier molecular flexibility index (Phi) is 4.34. The smallest absolute Gasteiger partial charge is 0.168 e. The maximum atomic E-state index is 9.25. The van der Waals surface area contributed by atoms with Gasteiger partial charge in [-0.2, -0.15) is 5.26 Å². The number of imidazole rings is 1. The first-order valence-corrected chi connectivity index (χ1v) is 7.19. The lowest BCUT2D eigenvalue weighted by molar-refractivity contribution is 0.0206. The number of anilines is 1. The number of aromatic nitrogens is 2. The molecule has 2 aromatic heterocycles. The number of nitrogens with zero attached hydrogens (tertiary/aromatic N) is 3. The SMILES string of the molecule is N#Cc1c(NCCOC[C@H]2CCCO2)nc2ccccn12. The Morgan fingerprint density at radius 1 is 1.52 bits per heavy atom. The van der Waals surface area contributed by atoms with E-state index in [0.29, 0.717) is 31.3 Å². The molecule has 3 rings (SSSR count). The van der Waals surface area contributed by atoms with Gasteiger partial charge < -0.3 is 14.8 Å². The van der Waals surface area contributed by atoms with Crippen LogP contribution in [0.2, 0.25) is 0 Å². The summed E-state index contributed by atoms with van der Waals surface area (Å²) in [5.41, 5.74) is 1.28. The van der Waals surface area contributed by atoms with Gasteiger partial charge in [-0.25, -0.2) is 4.98 Å². The number of nitriles is 1. The molecule has 1 saturated heterocycles. The molecule has 0 radical (unpaired) electrons. The molecule has 0 aliphatic carbocycles. The summed E-state index contributed by atoms with van der Waals surface area (Å²) in [7, 11) is 0. The Morgan fingerprint density at radius 3 is 3.29 bits per heavy atom.